The second kappa shape index (κ2) is 8.86. The van der Waals surface area contributed by atoms with E-state index in [1.807, 2.05) is 19.0 Å². The molecule has 0 bridgehead atoms. The SMILES string of the molecule is CNCc1cc(S(=O)(=O)NCCOCCN(C)C)c(Br)o1. The Bertz CT molecular complexity index is 531. The van der Waals surface area contributed by atoms with Crippen LogP contribution >= 0.6 is 15.9 Å². The minimum atomic E-state index is -3.60. The number of nitrogens with zero attached hydrogens (tertiary/aromatic N) is 1. The molecule has 21 heavy (non-hydrogen) atoms. The van der Waals surface area contributed by atoms with Crippen LogP contribution in [0.3, 0.4) is 0 Å². The number of hydrogen-bond donors (Lipinski definition) is 2. The zero-order valence-corrected chi connectivity index (χ0v) is 14.9. The summed E-state index contributed by atoms with van der Waals surface area (Å²) in [7, 11) is 2.06. The van der Waals surface area contributed by atoms with Crippen LogP contribution in [0.25, 0.3) is 0 Å². The summed E-state index contributed by atoms with van der Waals surface area (Å²) >= 11 is 3.12. The summed E-state index contributed by atoms with van der Waals surface area (Å²) in [5, 5.41) is 2.90. The molecule has 0 atom stereocenters. The van der Waals surface area contributed by atoms with Gasteiger partial charge in [-0.3, -0.25) is 0 Å². The van der Waals surface area contributed by atoms with E-state index in [1.54, 1.807) is 7.05 Å². The Kier molecular flexibility index (Phi) is 7.85. The van der Waals surface area contributed by atoms with E-state index in [4.69, 9.17) is 9.15 Å². The van der Waals surface area contributed by atoms with Crippen LogP contribution < -0.4 is 10.0 Å². The van der Waals surface area contributed by atoms with Crippen molar-refractivity contribution in [3.63, 3.8) is 0 Å². The third kappa shape index (κ3) is 6.45. The molecule has 9 heteroatoms. The molecule has 1 aromatic heterocycles. The number of halogens is 1. The van der Waals surface area contributed by atoms with Crippen molar-refractivity contribution in [1.29, 1.82) is 0 Å². The topological polar surface area (TPSA) is 83.8 Å². The van der Waals surface area contributed by atoms with Crippen molar-refractivity contribution >= 4 is 26.0 Å². The first-order valence-electron chi connectivity index (χ1n) is 6.51. The number of sulfonamides is 1. The van der Waals surface area contributed by atoms with Crippen molar-refractivity contribution in [2.45, 2.75) is 11.4 Å². The lowest BCUT2D eigenvalue weighted by atomic mass is 10.4. The maximum atomic E-state index is 12.1. The third-order valence-corrected chi connectivity index (χ3v) is 4.89. The molecule has 122 valence electrons. The molecule has 2 N–H and O–H groups in total. The van der Waals surface area contributed by atoms with E-state index in [2.05, 4.69) is 26.0 Å². The Morgan fingerprint density at radius 3 is 2.71 bits per heavy atom. The van der Waals surface area contributed by atoms with Crippen molar-refractivity contribution < 1.29 is 17.6 Å². The standard InChI is InChI=1S/C12H22BrN3O4S/c1-14-9-10-8-11(12(13)20-10)21(17,18)15-4-6-19-7-5-16(2)3/h8,14-15H,4-7,9H2,1-3H3. The predicted molar refractivity (Wildman–Crippen MR) is 83.7 cm³/mol. The van der Waals surface area contributed by atoms with Gasteiger partial charge in [0.2, 0.25) is 10.0 Å². The summed E-state index contributed by atoms with van der Waals surface area (Å²) in [6, 6.07) is 1.50. The van der Waals surface area contributed by atoms with Crippen LogP contribution in [0.2, 0.25) is 0 Å². The molecule has 1 rings (SSSR count). The average Bonchev–Trinajstić information content (AvgIpc) is 2.75. The van der Waals surface area contributed by atoms with Crippen LogP contribution in [0.1, 0.15) is 5.76 Å². The second-order valence-corrected chi connectivity index (χ2v) is 7.15. The zero-order chi connectivity index (χ0) is 15.9. The summed E-state index contributed by atoms with van der Waals surface area (Å²) < 4.78 is 37.6. The van der Waals surface area contributed by atoms with E-state index < -0.39 is 10.0 Å². The molecule has 0 aliphatic heterocycles. The summed E-state index contributed by atoms with van der Waals surface area (Å²) in [6.45, 7) is 2.37. The van der Waals surface area contributed by atoms with E-state index >= 15 is 0 Å². The van der Waals surface area contributed by atoms with Gasteiger partial charge in [0.25, 0.3) is 0 Å². The molecule has 0 amide bonds. The quantitative estimate of drug-likeness (QED) is 0.576. The average molecular weight is 384 g/mol. The van der Waals surface area contributed by atoms with E-state index in [0.717, 1.165) is 6.54 Å². The number of rotatable bonds is 10. The van der Waals surface area contributed by atoms with Gasteiger partial charge in [-0.1, -0.05) is 0 Å². The van der Waals surface area contributed by atoms with Crippen molar-refractivity contribution in [3.8, 4) is 0 Å². The number of hydrogen-bond acceptors (Lipinski definition) is 6. The monoisotopic (exact) mass is 383 g/mol. The molecule has 0 aliphatic rings. The number of likely N-dealkylation sites (N-methyl/N-ethyl adjacent to an activating group) is 1. The van der Waals surface area contributed by atoms with Crippen LogP contribution in [0, 0.1) is 0 Å². The largest absolute Gasteiger partial charge is 0.452 e. The van der Waals surface area contributed by atoms with Gasteiger partial charge in [0.1, 0.15) is 10.7 Å². The first kappa shape index (κ1) is 18.6. The van der Waals surface area contributed by atoms with Crippen LogP contribution in [-0.2, 0) is 21.3 Å². The maximum Gasteiger partial charge on any atom is 0.245 e. The second-order valence-electron chi connectivity index (χ2n) is 4.69. The molecule has 0 saturated carbocycles. The van der Waals surface area contributed by atoms with Gasteiger partial charge in [-0.05, 0) is 37.1 Å². The molecule has 0 spiro atoms. The summed E-state index contributed by atoms with van der Waals surface area (Å²) in [5.41, 5.74) is 0. The molecule has 0 aromatic carbocycles. The van der Waals surface area contributed by atoms with Gasteiger partial charge >= 0.3 is 0 Å². The molecule has 0 saturated heterocycles. The smallest absolute Gasteiger partial charge is 0.245 e. The highest BCUT2D eigenvalue weighted by Crippen LogP contribution is 2.25. The Labute approximate surface area is 134 Å². The van der Waals surface area contributed by atoms with E-state index in [1.165, 1.54) is 6.07 Å². The molecule has 0 fully saturated rings. The lowest BCUT2D eigenvalue weighted by molar-refractivity contribution is 0.122. The highest BCUT2D eigenvalue weighted by Gasteiger charge is 2.21. The Hall–Kier alpha value is -0.450. The van der Waals surface area contributed by atoms with Crippen LogP contribution in [0.15, 0.2) is 20.0 Å². The number of furan rings is 1. The molecule has 1 heterocycles. The third-order valence-electron chi connectivity index (χ3n) is 2.57. The summed E-state index contributed by atoms with van der Waals surface area (Å²) in [5.74, 6) is 0.548. The highest BCUT2D eigenvalue weighted by atomic mass is 79.9. The van der Waals surface area contributed by atoms with E-state index in [-0.39, 0.29) is 16.1 Å². The molecule has 0 radical (unpaired) electrons. The lowest BCUT2D eigenvalue weighted by Gasteiger charge is -2.10. The van der Waals surface area contributed by atoms with Crippen molar-refractivity contribution in [2.24, 2.45) is 0 Å². The van der Waals surface area contributed by atoms with Crippen LogP contribution in [0.5, 0.6) is 0 Å². The first-order valence-corrected chi connectivity index (χ1v) is 8.79. The predicted octanol–water partition coefficient (Wildman–Crippen LogP) is 0.618. The first-order chi connectivity index (χ1) is 9.86. The fourth-order valence-electron chi connectivity index (χ4n) is 1.52. The van der Waals surface area contributed by atoms with Crippen molar-refractivity contribution in [2.75, 3.05) is 47.4 Å². The van der Waals surface area contributed by atoms with Gasteiger partial charge < -0.3 is 19.4 Å². The fraction of sp³-hybridized carbons (Fsp3) is 0.667. The van der Waals surface area contributed by atoms with Gasteiger partial charge in [0, 0.05) is 19.2 Å². The lowest BCUT2D eigenvalue weighted by Crippen LogP contribution is -2.28. The van der Waals surface area contributed by atoms with Gasteiger partial charge in [0.15, 0.2) is 4.67 Å². The van der Waals surface area contributed by atoms with Gasteiger partial charge in [-0.2, -0.15) is 0 Å². The fourth-order valence-corrected chi connectivity index (χ4v) is 3.53. The number of ether oxygens (including phenoxy) is 1. The van der Waals surface area contributed by atoms with E-state index in [9.17, 15) is 8.42 Å². The van der Waals surface area contributed by atoms with Gasteiger partial charge in [0.05, 0.1) is 19.8 Å². The zero-order valence-electron chi connectivity index (χ0n) is 12.5. The van der Waals surface area contributed by atoms with Gasteiger partial charge in [-0.25, -0.2) is 13.1 Å². The maximum absolute atomic E-state index is 12.1. The Balaban J connectivity index is 2.46. The van der Waals surface area contributed by atoms with Gasteiger partial charge in [-0.15, -0.1) is 0 Å². The van der Waals surface area contributed by atoms with Crippen LogP contribution in [0.4, 0.5) is 0 Å². The minimum Gasteiger partial charge on any atom is -0.452 e. The van der Waals surface area contributed by atoms with Crippen LogP contribution in [-0.4, -0.2) is 60.8 Å². The summed E-state index contributed by atoms with van der Waals surface area (Å²) in [6.07, 6.45) is 0. The molecule has 1 aromatic rings. The molecule has 0 aliphatic carbocycles. The Morgan fingerprint density at radius 2 is 2.10 bits per heavy atom. The normalized spacial score (nSPS) is 12.2. The Morgan fingerprint density at radius 1 is 1.38 bits per heavy atom. The number of nitrogens with one attached hydrogen (secondary N) is 2. The molecule has 0 unspecified atom stereocenters. The van der Waals surface area contributed by atoms with Crippen molar-refractivity contribution in [3.05, 3.63) is 16.5 Å². The van der Waals surface area contributed by atoms with E-state index in [0.29, 0.717) is 25.5 Å². The summed E-state index contributed by atoms with van der Waals surface area (Å²) in [4.78, 5) is 2.09. The minimum absolute atomic E-state index is 0.0982. The molecule has 7 nitrogen and oxygen atoms in total. The molecular formula is C12H22BrN3O4S. The highest BCUT2D eigenvalue weighted by molar-refractivity contribution is 9.10. The van der Waals surface area contributed by atoms with Crippen molar-refractivity contribution in [1.82, 2.24) is 14.9 Å². The molecular weight excluding hydrogens is 362 g/mol.